The first-order chi connectivity index (χ1) is 12.6. The van der Waals surface area contributed by atoms with Crippen molar-refractivity contribution in [3.8, 4) is 0 Å². The van der Waals surface area contributed by atoms with Crippen LogP contribution in [0.2, 0.25) is 0 Å². The standard InChI is InChI=1S/C19H22FN3O2S/c20-14-5-3-4-13(12-14)19(8-10-25-11-9-19)23-17(24)22-18-21-15-6-1-2-7-16(15)26-18/h3-5,12H,1-2,6-11H2,(H2,21,22,23,24). The Balaban J connectivity index is 1.52. The average molecular weight is 375 g/mol. The van der Waals surface area contributed by atoms with E-state index in [-0.39, 0.29) is 11.8 Å². The second kappa shape index (κ2) is 7.32. The van der Waals surface area contributed by atoms with Crippen LogP contribution in [-0.2, 0) is 23.1 Å². The van der Waals surface area contributed by atoms with Crippen molar-refractivity contribution in [1.29, 1.82) is 0 Å². The lowest BCUT2D eigenvalue weighted by atomic mass is 9.82. The van der Waals surface area contributed by atoms with Gasteiger partial charge in [-0.15, -0.1) is 11.3 Å². The molecule has 0 spiro atoms. The average Bonchev–Trinajstić information content (AvgIpc) is 3.04. The van der Waals surface area contributed by atoms with E-state index in [2.05, 4.69) is 15.6 Å². The van der Waals surface area contributed by atoms with Gasteiger partial charge in [-0.25, -0.2) is 14.2 Å². The molecule has 26 heavy (non-hydrogen) atoms. The SMILES string of the molecule is O=C(Nc1nc2c(s1)CCCC2)NC1(c2cccc(F)c2)CCOCC1. The lowest BCUT2D eigenvalue weighted by molar-refractivity contribution is 0.0417. The van der Waals surface area contributed by atoms with Gasteiger partial charge in [0.15, 0.2) is 5.13 Å². The van der Waals surface area contributed by atoms with Gasteiger partial charge in [-0.2, -0.15) is 0 Å². The molecule has 1 fully saturated rings. The largest absolute Gasteiger partial charge is 0.381 e. The van der Waals surface area contributed by atoms with Crippen LogP contribution < -0.4 is 10.6 Å². The number of fused-ring (bicyclic) bond motifs is 1. The number of halogens is 1. The zero-order valence-electron chi connectivity index (χ0n) is 14.5. The molecule has 0 saturated carbocycles. The fourth-order valence-electron chi connectivity index (χ4n) is 3.74. The third-order valence-corrected chi connectivity index (χ3v) is 6.22. The third-order valence-electron chi connectivity index (χ3n) is 5.14. The van der Waals surface area contributed by atoms with Crippen molar-refractivity contribution in [1.82, 2.24) is 10.3 Å². The molecule has 7 heteroatoms. The van der Waals surface area contributed by atoms with E-state index in [1.54, 1.807) is 17.4 Å². The smallest absolute Gasteiger partial charge is 0.321 e. The summed E-state index contributed by atoms with van der Waals surface area (Å²) in [7, 11) is 0. The minimum Gasteiger partial charge on any atom is -0.381 e. The molecule has 2 N–H and O–H groups in total. The number of nitrogens with zero attached hydrogens (tertiary/aromatic N) is 1. The number of ether oxygens (including phenoxy) is 1. The number of anilines is 1. The quantitative estimate of drug-likeness (QED) is 0.853. The number of benzene rings is 1. The number of hydrogen-bond donors (Lipinski definition) is 2. The van der Waals surface area contributed by atoms with E-state index in [9.17, 15) is 9.18 Å². The summed E-state index contributed by atoms with van der Waals surface area (Å²) in [5.41, 5.74) is 1.26. The molecule has 4 rings (SSSR count). The van der Waals surface area contributed by atoms with Gasteiger partial charge in [0.25, 0.3) is 0 Å². The lowest BCUT2D eigenvalue weighted by Crippen LogP contribution is -2.51. The second-order valence-electron chi connectivity index (χ2n) is 6.88. The van der Waals surface area contributed by atoms with Crippen molar-refractivity contribution in [3.05, 3.63) is 46.2 Å². The maximum absolute atomic E-state index is 13.7. The van der Waals surface area contributed by atoms with Crippen LogP contribution in [0.15, 0.2) is 24.3 Å². The Morgan fingerprint density at radius 3 is 2.81 bits per heavy atom. The van der Waals surface area contributed by atoms with Gasteiger partial charge in [0.05, 0.1) is 11.2 Å². The van der Waals surface area contributed by atoms with Gasteiger partial charge in [-0.1, -0.05) is 12.1 Å². The summed E-state index contributed by atoms with van der Waals surface area (Å²) in [4.78, 5) is 18.5. The zero-order valence-corrected chi connectivity index (χ0v) is 15.3. The van der Waals surface area contributed by atoms with Crippen LogP contribution in [0, 0.1) is 5.82 Å². The number of carbonyl (C=O) groups excluding carboxylic acids is 1. The molecule has 1 aliphatic heterocycles. The molecule has 1 aliphatic carbocycles. The summed E-state index contributed by atoms with van der Waals surface area (Å²) in [6.45, 7) is 1.06. The predicted octanol–water partition coefficient (Wildman–Crippen LogP) is 3.99. The Bertz CT molecular complexity index is 778. The van der Waals surface area contributed by atoms with Gasteiger partial charge < -0.3 is 10.1 Å². The highest BCUT2D eigenvalue weighted by Gasteiger charge is 2.36. The van der Waals surface area contributed by atoms with Crippen LogP contribution in [0.3, 0.4) is 0 Å². The molecule has 5 nitrogen and oxygen atoms in total. The lowest BCUT2D eigenvalue weighted by Gasteiger charge is -2.38. The molecule has 0 radical (unpaired) electrons. The summed E-state index contributed by atoms with van der Waals surface area (Å²) >= 11 is 1.56. The van der Waals surface area contributed by atoms with Crippen molar-refractivity contribution in [2.75, 3.05) is 18.5 Å². The molecule has 0 atom stereocenters. The summed E-state index contributed by atoms with van der Waals surface area (Å²) in [6.07, 6.45) is 5.59. The first-order valence-corrected chi connectivity index (χ1v) is 9.88. The van der Waals surface area contributed by atoms with Crippen molar-refractivity contribution in [2.24, 2.45) is 0 Å². The minimum atomic E-state index is -0.624. The summed E-state index contributed by atoms with van der Waals surface area (Å²) in [5, 5.41) is 6.59. The summed E-state index contributed by atoms with van der Waals surface area (Å²) in [5.74, 6) is -0.303. The fourth-order valence-corrected chi connectivity index (χ4v) is 4.79. The number of aromatic nitrogens is 1. The van der Waals surface area contributed by atoms with E-state index < -0.39 is 5.54 Å². The topological polar surface area (TPSA) is 63.2 Å². The highest BCUT2D eigenvalue weighted by molar-refractivity contribution is 7.15. The number of urea groups is 1. The number of aryl methyl sites for hydroxylation is 2. The van der Waals surface area contributed by atoms with E-state index in [0.717, 1.165) is 30.5 Å². The molecule has 1 saturated heterocycles. The summed E-state index contributed by atoms with van der Waals surface area (Å²) < 4.78 is 19.2. The Kier molecular flexibility index (Phi) is 4.91. The third kappa shape index (κ3) is 3.59. The first kappa shape index (κ1) is 17.4. The van der Waals surface area contributed by atoms with Crippen LogP contribution >= 0.6 is 11.3 Å². The summed E-state index contributed by atoms with van der Waals surface area (Å²) in [6, 6.07) is 6.14. The van der Waals surface area contributed by atoms with Gasteiger partial charge in [0.1, 0.15) is 5.82 Å². The van der Waals surface area contributed by atoms with Gasteiger partial charge in [0, 0.05) is 18.1 Å². The molecule has 0 unspecified atom stereocenters. The second-order valence-corrected chi connectivity index (χ2v) is 7.96. The van der Waals surface area contributed by atoms with Gasteiger partial charge in [-0.05, 0) is 56.2 Å². The Labute approximate surface area is 156 Å². The maximum atomic E-state index is 13.7. The van der Waals surface area contributed by atoms with Crippen LogP contribution in [0.1, 0.15) is 41.8 Å². The number of nitrogens with one attached hydrogen (secondary N) is 2. The number of thiazole rings is 1. The molecule has 2 heterocycles. The van der Waals surface area contributed by atoms with Crippen molar-refractivity contribution in [2.45, 2.75) is 44.1 Å². The zero-order chi connectivity index (χ0) is 18.0. The Hall–Kier alpha value is -1.99. The van der Waals surface area contributed by atoms with Crippen LogP contribution in [0.5, 0.6) is 0 Å². The van der Waals surface area contributed by atoms with Gasteiger partial charge in [-0.3, -0.25) is 5.32 Å². The first-order valence-electron chi connectivity index (χ1n) is 9.06. The van der Waals surface area contributed by atoms with Crippen LogP contribution in [-0.4, -0.2) is 24.2 Å². The molecule has 1 aromatic carbocycles. The van der Waals surface area contributed by atoms with E-state index in [1.807, 2.05) is 6.07 Å². The van der Waals surface area contributed by atoms with Crippen molar-refractivity contribution < 1.29 is 13.9 Å². The Morgan fingerprint density at radius 1 is 1.23 bits per heavy atom. The number of amides is 2. The number of rotatable bonds is 3. The molecule has 0 bridgehead atoms. The highest BCUT2D eigenvalue weighted by Crippen LogP contribution is 2.33. The molecule has 2 aliphatic rings. The van der Waals surface area contributed by atoms with E-state index in [1.165, 1.54) is 23.4 Å². The van der Waals surface area contributed by atoms with Crippen molar-refractivity contribution >= 4 is 22.5 Å². The monoisotopic (exact) mass is 375 g/mol. The van der Waals surface area contributed by atoms with Gasteiger partial charge in [0.2, 0.25) is 0 Å². The minimum absolute atomic E-state index is 0.303. The molecular weight excluding hydrogens is 353 g/mol. The number of carbonyl (C=O) groups is 1. The number of hydrogen-bond acceptors (Lipinski definition) is 4. The normalized spacial score (nSPS) is 18.8. The molecule has 138 valence electrons. The van der Waals surface area contributed by atoms with E-state index in [4.69, 9.17) is 4.74 Å². The predicted molar refractivity (Wildman–Crippen MR) is 99.0 cm³/mol. The van der Waals surface area contributed by atoms with Crippen molar-refractivity contribution in [3.63, 3.8) is 0 Å². The van der Waals surface area contributed by atoms with Gasteiger partial charge >= 0.3 is 6.03 Å². The van der Waals surface area contributed by atoms with Crippen LogP contribution in [0.25, 0.3) is 0 Å². The fraction of sp³-hybridized carbons (Fsp3) is 0.474. The maximum Gasteiger partial charge on any atom is 0.321 e. The molecule has 2 amide bonds. The highest BCUT2D eigenvalue weighted by atomic mass is 32.1. The molecular formula is C19H22FN3O2S. The molecule has 2 aromatic rings. The van der Waals surface area contributed by atoms with Crippen LogP contribution in [0.4, 0.5) is 14.3 Å². The van der Waals surface area contributed by atoms with E-state index in [0.29, 0.717) is 31.2 Å². The molecule has 1 aromatic heterocycles. The Morgan fingerprint density at radius 2 is 2.04 bits per heavy atom. The van der Waals surface area contributed by atoms with E-state index >= 15 is 0 Å².